The topological polar surface area (TPSA) is 34.1 Å². The maximum Gasteiger partial charge on any atom is 0.189 e. The van der Waals surface area contributed by atoms with E-state index in [0.717, 1.165) is 17.5 Å². The van der Waals surface area contributed by atoms with Crippen molar-refractivity contribution in [2.75, 3.05) is 0 Å². The highest BCUT2D eigenvalue weighted by atomic mass is 32.2. The van der Waals surface area contributed by atoms with Crippen molar-refractivity contribution in [1.29, 1.82) is 0 Å². The molecule has 0 amide bonds. The van der Waals surface area contributed by atoms with Crippen LogP contribution in [0.4, 0.5) is 0 Å². The van der Waals surface area contributed by atoms with Gasteiger partial charge >= 0.3 is 0 Å². The molecule has 0 aromatic heterocycles. The third-order valence-corrected chi connectivity index (χ3v) is 9.82. The Morgan fingerprint density at radius 2 is 1.27 bits per heavy atom. The normalized spacial score (nSPS) is 26.5. The van der Waals surface area contributed by atoms with Crippen LogP contribution in [-0.2, 0) is 14.6 Å². The molecule has 3 aromatic rings. The number of rotatable bonds is 6. The Balaban J connectivity index is 1.69. The first-order valence-corrected chi connectivity index (χ1v) is 12.5. The van der Waals surface area contributed by atoms with E-state index in [-0.39, 0.29) is 11.8 Å². The first-order chi connectivity index (χ1) is 14.7. The van der Waals surface area contributed by atoms with Crippen LogP contribution in [0.3, 0.4) is 0 Å². The Morgan fingerprint density at radius 1 is 0.733 bits per heavy atom. The Kier molecular flexibility index (Phi) is 5.02. The number of hydrogen-bond acceptors (Lipinski definition) is 2. The molecular formula is C27H28O2S. The van der Waals surface area contributed by atoms with E-state index < -0.39 is 14.6 Å². The molecule has 0 saturated heterocycles. The Morgan fingerprint density at radius 3 is 1.87 bits per heavy atom. The van der Waals surface area contributed by atoms with Crippen LogP contribution in [0.15, 0.2) is 95.9 Å². The van der Waals surface area contributed by atoms with Crippen molar-refractivity contribution in [3.63, 3.8) is 0 Å². The van der Waals surface area contributed by atoms with Crippen molar-refractivity contribution in [2.24, 2.45) is 11.8 Å². The van der Waals surface area contributed by atoms with E-state index in [1.54, 1.807) is 12.1 Å². The van der Waals surface area contributed by atoms with Crippen molar-refractivity contribution >= 4 is 9.84 Å². The number of hydrogen-bond donors (Lipinski definition) is 0. The molecule has 154 valence electrons. The van der Waals surface area contributed by atoms with Gasteiger partial charge in [0.05, 0.1) is 4.90 Å². The summed E-state index contributed by atoms with van der Waals surface area (Å²) in [6.07, 6.45) is 6.00. The number of benzene rings is 3. The summed E-state index contributed by atoms with van der Waals surface area (Å²) < 4.78 is 27.7. The predicted octanol–water partition coefficient (Wildman–Crippen LogP) is 6.35. The van der Waals surface area contributed by atoms with E-state index in [9.17, 15) is 8.42 Å². The van der Waals surface area contributed by atoms with E-state index in [1.165, 1.54) is 25.7 Å². The van der Waals surface area contributed by atoms with E-state index in [4.69, 9.17) is 0 Å². The van der Waals surface area contributed by atoms with Crippen LogP contribution in [0.5, 0.6) is 0 Å². The van der Waals surface area contributed by atoms with E-state index in [0.29, 0.717) is 10.8 Å². The Labute approximate surface area is 179 Å². The highest BCUT2D eigenvalue weighted by molar-refractivity contribution is 7.92. The molecule has 0 heterocycles. The lowest BCUT2D eigenvalue weighted by molar-refractivity contribution is 0.452. The van der Waals surface area contributed by atoms with Crippen molar-refractivity contribution in [3.05, 3.63) is 102 Å². The van der Waals surface area contributed by atoms with Crippen LogP contribution >= 0.6 is 0 Å². The summed E-state index contributed by atoms with van der Waals surface area (Å²) in [6.45, 7) is 0. The van der Waals surface area contributed by atoms with Gasteiger partial charge in [0.2, 0.25) is 0 Å². The summed E-state index contributed by atoms with van der Waals surface area (Å²) in [5.41, 5.74) is 2.08. The lowest BCUT2D eigenvalue weighted by Gasteiger charge is -2.21. The third-order valence-electron chi connectivity index (χ3n) is 7.25. The molecule has 0 N–H and O–H groups in total. The molecular weight excluding hydrogens is 388 g/mol. The minimum atomic E-state index is -3.57. The second-order valence-electron chi connectivity index (χ2n) is 8.86. The first-order valence-electron chi connectivity index (χ1n) is 11.1. The van der Waals surface area contributed by atoms with Crippen molar-refractivity contribution in [3.8, 4) is 0 Å². The fraction of sp³-hybridized carbons (Fsp3) is 0.333. The smallest absolute Gasteiger partial charge is 0.189 e. The fourth-order valence-electron chi connectivity index (χ4n) is 5.90. The van der Waals surface area contributed by atoms with Crippen LogP contribution in [0, 0.1) is 11.8 Å². The third kappa shape index (κ3) is 3.02. The van der Waals surface area contributed by atoms with Gasteiger partial charge in [-0.1, -0.05) is 105 Å². The number of sulfone groups is 1. The summed E-state index contributed by atoms with van der Waals surface area (Å²) in [7, 11) is -3.57. The summed E-state index contributed by atoms with van der Waals surface area (Å²) in [4.78, 5) is 0.434. The van der Waals surface area contributed by atoms with Gasteiger partial charge in [0.1, 0.15) is 4.75 Å². The van der Waals surface area contributed by atoms with E-state index in [2.05, 4.69) is 12.1 Å². The summed E-state index contributed by atoms with van der Waals surface area (Å²) in [5, 5.41) is 0. The quantitative estimate of drug-likeness (QED) is 0.469. The molecule has 2 unspecified atom stereocenters. The standard InChI is InChI=1S/C27H28O2S/c28-30(29,24-18-8-3-9-19-24)27(23-16-6-2-7-17-23)25(20-21-12-10-11-13-21)26(27)22-14-4-1-5-15-22/h1-9,14-19,21,25-26H,10-13,20H2/t25?,26-,27?/m0/s1. The van der Waals surface area contributed by atoms with Gasteiger partial charge in [0, 0.05) is 5.92 Å². The van der Waals surface area contributed by atoms with E-state index >= 15 is 0 Å². The second-order valence-corrected chi connectivity index (χ2v) is 11.0. The molecule has 3 atom stereocenters. The summed E-state index contributed by atoms with van der Waals surface area (Å²) >= 11 is 0. The Bertz CT molecular complexity index is 1090. The first kappa shape index (κ1) is 19.6. The molecule has 2 aliphatic rings. The summed E-state index contributed by atoms with van der Waals surface area (Å²) in [5.74, 6) is 0.736. The zero-order valence-electron chi connectivity index (χ0n) is 17.2. The van der Waals surface area contributed by atoms with Crippen LogP contribution in [0.2, 0.25) is 0 Å². The van der Waals surface area contributed by atoms with Gasteiger partial charge in [-0.25, -0.2) is 8.42 Å². The largest absolute Gasteiger partial charge is 0.223 e. The average Bonchev–Trinajstić information content (AvgIpc) is 3.18. The van der Waals surface area contributed by atoms with Gasteiger partial charge in [-0.3, -0.25) is 0 Å². The SMILES string of the molecule is O=S(=O)(c1ccccc1)C1(c2ccccc2)C(CC2CCCC2)[C@@H]1c1ccccc1. The molecule has 2 fully saturated rings. The zero-order valence-corrected chi connectivity index (χ0v) is 18.0. The molecule has 2 saturated carbocycles. The highest BCUT2D eigenvalue weighted by Gasteiger charge is 2.73. The minimum absolute atomic E-state index is 0.00749. The molecule has 0 spiro atoms. The van der Waals surface area contributed by atoms with Crippen molar-refractivity contribution in [1.82, 2.24) is 0 Å². The molecule has 5 rings (SSSR count). The fourth-order valence-corrected chi connectivity index (χ4v) is 8.45. The van der Waals surface area contributed by atoms with Crippen LogP contribution in [0.25, 0.3) is 0 Å². The molecule has 2 aliphatic carbocycles. The maximum absolute atomic E-state index is 14.3. The maximum atomic E-state index is 14.3. The molecule has 3 heteroatoms. The van der Waals surface area contributed by atoms with Gasteiger partial charge in [-0.15, -0.1) is 0 Å². The zero-order chi connectivity index (χ0) is 20.6. The molecule has 0 radical (unpaired) electrons. The van der Waals surface area contributed by atoms with Crippen LogP contribution < -0.4 is 0 Å². The predicted molar refractivity (Wildman–Crippen MR) is 121 cm³/mol. The van der Waals surface area contributed by atoms with Crippen molar-refractivity contribution < 1.29 is 8.42 Å². The van der Waals surface area contributed by atoms with Gasteiger partial charge in [-0.05, 0) is 41.5 Å². The van der Waals surface area contributed by atoms with Gasteiger partial charge < -0.3 is 0 Å². The van der Waals surface area contributed by atoms with Gasteiger partial charge in [-0.2, -0.15) is 0 Å². The van der Waals surface area contributed by atoms with Gasteiger partial charge in [0.15, 0.2) is 9.84 Å². The summed E-state index contributed by atoms with van der Waals surface area (Å²) in [6, 6.07) is 29.3. The van der Waals surface area contributed by atoms with Gasteiger partial charge in [0.25, 0.3) is 0 Å². The molecule has 3 aromatic carbocycles. The monoisotopic (exact) mass is 416 g/mol. The minimum Gasteiger partial charge on any atom is -0.223 e. The Hall–Kier alpha value is -2.39. The van der Waals surface area contributed by atoms with Crippen molar-refractivity contribution in [2.45, 2.75) is 47.7 Å². The van der Waals surface area contributed by atoms with Crippen LogP contribution in [0.1, 0.15) is 49.1 Å². The average molecular weight is 417 g/mol. The molecule has 0 bridgehead atoms. The molecule has 30 heavy (non-hydrogen) atoms. The molecule has 2 nitrogen and oxygen atoms in total. The lowest BCUT2D eigenvalue weighted by atomic mass is 9.97. The lowest BCUT2D eigenvalue weighted by Crippen LogP contribution is -2.25. The second kappa shape index (κ2) is 7.70. The van der Waals surface area contributed by atoms with E-state index in [1.807, 2.05) is 66.7 Å². The highest BCUT2D eigenvalue weighted by Crippen LogP contribution is 2.72. The molecule has 0 aliphatic heterocycles. The van der Waals surface area contributed by atoms with Crippen LogP contribution in [-0.4, -0.2) is 8.42 Å².